The number of hydrogen-bond acceptors (Lipinski definition) is 8. The van der Waals surface area contributed by atoms with E-state index in [1.165, 1.54) is 12.5 Å². The van der Waals surface area contributed by atoms with Crippen LogP contribution in [0, 0.1) is 6.92 Å². The number of imidazole rings is 1. The number of amides is 1. The zero-order chi connectivity index (χ0) is 27.9. The number of pyridine rings is 1. The van der Waals surface area contributed by atoms with Crippen molar-refractivity contribution in [3.8, 4) is 17.0 Å². The average molecular weight is 546 g/mol. The number of Topliss-reactive ketones (excluding diaryl/α,β-unsaturated/α-hetero) is 1. The van der Waals surface area contributed by atoms with Gasteiger partial charge in [-0.1, -0.05) is 18.9 Å². The molecule has 1 saturated heterocycles. The molecule has 5 rings (SSSR count). The van der Waals surface area contributed by atoms with E-state index in [1.54, 1.807) is 13.3 Å². The Morgan fingerprint density at radius 2 is 2.08 bits per heavy atom. The normalized spacial score (nSPS) is 16.1. The second kappa shape index (κ2) is 12.9. The summed E-state index contributed by atoms with van der Waals surface area (Å²) in [5, 5.41) is 4.16. The number of unbranched alkanes of at least 4 members (excludes halogenated alkanes) is 2. The molecule has 0 radical (unpaired) electrons. The van der Waals surface area contributed by atoms with Crippen molar-refractivity contribution < 1.29 is 23.5 Å². The molecule has 0 spiro atoms. The highest BCUT2D eigenvalue weighted by Gasteiger charge is 2.26. The highest BCUT2D eigenvalue weighted by Crippen LogP contribution is 2.34. The molecule has 10 heteroatoms. The Morgan fingerprint density at radius 3 is 2.85 bits per heavy atom. The molecule has 3 aromatic heterocycles. The Kier molecular flexibility index (Phi) is 8.85. The Labute approximate surface area is 232 Å². The highest BCUT2D eigenvalue weighted by atomic mass is 16.5. The van der Waals surface area contributed by atoms with Gasteiger partial charge < -0.3 is 24.2 Å². The number of nitrogens with one attached hydrogen (secondary N) is 2. The molecule has 40 heavy (non-hydrogen) atoms. The Bertz CT molecular complexity index is 1440. The fourth-order valence-corrected chi connectivity index (χ4v) is 5.05. The molecule has 1 aromatic carbocycles. The molecular formula is C30H35N5O5. The molecule has 4 aromatic rings. The van der Waals surface area contributed by atoms with Crippen LogP contribution in [0.4, 0.5) is 0 Å². The van der Waals surface area contributed by atoms with Crippen molar-refractivity contribution >= 4 is 22.6 Å². The van der Waals surface area contributed by atoms with Crippen molar-refractivity contribution in [2.24, 2.45) is 0 Å². The predicted octanol–water partition coefficient (Wildman–Crippen LogP) is 5.49. The van der Waals surface area contributed by atoms with Gasteiger partial charge in [-0.25, -0.2) is 9.97 Å². The number of hydrogen-bond donors (Lipinski definition) is 2. The van der Waals surface area contributed by atoms with Crippen molar-refractivity contribution in [1.82, 2.24) is 25.3 Å². The zero-order valence-corrected chi connectivity index (χ0v) is 22.9. The second-order valence-corrected chi connectivity index (χ2v) is 10.2. The van der Waals surface area contributed by atoms with Crippen molar-refractivity contribution in [1.29, 1.82) is 0 Å². The number of rotatable bonds is 12. The lowest BCUT2D eigenvalue weighted by molar-refractivity contribution is -0.136. The van der Waals surface area contributed by atoms with Gasteiger partial charge >= 0.3 is 0 Å². The van der Waals surface area contributed by atoms with E-state index < -0.39 is 6.10 Å². The van der Waals surface area contributed by atoms with Crippen molar-refractivity contribution in [3.63, 3.8) is 0 Å². The summed E-state index contributed by atoms with van der Waals surface area (Å²) in [5.41, 5.74) is 3.46. The van der Waals surface area contributed by atoms with E-state index >= 15 is 0 Å². The molecule has 0 aliphatic carbocycles. The number of carbonyl (C=O) groups excluding carboxylic acids is 2. The monoisotopic (exact) mass is 545 g/mol. The highest BCUT2D eigenvalue weighted by molar-refractivity contribution is 5.91. The van der Waals surface area contributed by atoms with E-state index in [1.807, 2.05) is 31.2 Å². The van der Waals surface area contributed by atoms with Crippen LogP contribution in [0.3, 0.4) is 0 Å². The molecule has 2 unspecified atom stereocenters. The van der Waals surface area contributed by atoms with Gasteiger partial charge in [0.25, 0.3) is 5.89 Å². The Morgan fingerprint density at radius 1 is 1.18 bits per heavy atom. The number of ketones is 1. The van der Waals surface area contributed by atoms with Crippen LogP contribution in [0.2, 0.25) is 0 Å². The quantitative estimate of drug-likeness (QED) is 0.176. The Hall–Kier alpha value is -4.05. The van der Waals surface area contributed by atoms with Crippen LogP contribution in [0.15, 0.2) is 47.3 Å². The van der Waals surface area contributed by atoms with Gasteiger partial charge in [0.15, 0.2) is 0 Å². The number of fused-ring (bicyclic) bond motifs is 1. The lowest BCUT2D eigenvalue weighted by atomic mass is 10.0. The molecule has 1 amide bonds. The molecular weight excluding hydrogens is 510 g/mol. The van der Waals surface area contributed by atoms with E-state index in [2.05, 4.69) is 25.3 Å². The van der Waals surface area contributed by atoms with Crippen molar-refractivity contribution in [2.45, 2.75) is 70.4 Å². The minimum absolute atomic E-state index is 0.102. The van der Waals surface area contributed by atoms with Crippen LogP contribution in [-0.2, 0) is 9.53 Å². The first kappa shape index (κ1) is 27.5. The molecule has 0 saturated carbocycles. The summed E-state index contributed by atoms with van der Waals surface area (Å²) in [4.78, 5) is 41.9. The maximum Gasteiger partial charge on any atom is 0.263 e. The van der Waals surface area contributed by atoms with Gasteiger partial charge in [-0.05, 0) is 51.2 Å². The molecule has 2 N–H and O–H groups in total. The summed E-state index contributed by atoms with van der Waals surface area (Å²) in [7, 11) is 1.64. The number of benzene rings is 1. The van der Waals surface area contributed by atoms with Gasteiger partial charge in [-0.3, -0.25) is 14.6 Å². The van der Waals surface area contributed by atoms with Gasteiger partial charge in [0.05, 0.1) is 36.8 Å². The van der Waals surface area contributed by atoms with Crippen LogP contribution in [0.25, 0.3) is 22.2 Å². The third kappa shape index (κ3) is 6.56. The van der Waals surface area contributed by atoms with Crippen molar-refractivity contribution in [3.05, 3.63) is 60.3 Å². The average Bonchev–Trinajstić information content (AvgIpc) is 3.69. The molecule has 2 atom stereocenters. The molecule has 210 valence electrons. The van der Waals surface area contributed by atoms with E-state index in [0.717, 1.165) is 53.5 Å². The van der Waals surface area contributed by atoms with Gasteiger partial charge in [-0.15, -0.1) is 0 Å². The van der Waals surface area contributed by atoms with Crippen LogP contribution in [0.5, 0.6) is 5.75 Å². The van der Waals surface area contributed by atoms with Crippen LogP contribution in [-0.4, -0.2) is 51.4 Å². The summed E-state index contributed by atoms with van der Waals surface area (Å²) < 4.78 is 16.5. The van der Waals surface area contributed by atoms with Gasteiger partial charge in [0, 0.05) is 35.7 Å². The minimum atomic E-state index is -0.444. The van der Waals surface area contributed by atoms with E-state index in [4.69, 9.17) is 13.9 Å². The first-order valence-electron chi connectivity index (χ1n) is 13.9. The number of methoxy groups -OCH3 is 1. The number of oxazole rings is 1. The van der Waals surface area contributed by atoms with E-state index in [0.29, 0.717) is 43.9 Å². The minimum Gasteiger partial charge on any atom is -0.496 e. The lowest BCUT2D eigenvalue weighted by Crippen LogP contribution is -2.40. The maximum absolute atomic E-state index is 13.1. The number of aromatic amines is 1. The van der Waals surface area contributed by atoms with Crippen LogP contribution in [0.1, 0.15) is 79.6 Å². The summed E-state index contributed by atoms with van der Waals surface area (Å²) in [5.74, 6) is 1.28. The Balaban J connectivity index is 1.30. The summed E-state index contributed by atoms with van der Waals surface area (Å²) in [6.07, 6.45) is 10.2. The summed E-state index contributed by atoms with van der Waals surface area (Å²) in [6, 6.07) is 7.65. The first-order valence-corrected chi connectivity index (χ1v) is 13.9. The van der Waals surface area contributed by atoms with Crippen molar-refractivity contribution in [2.75, 3.05) is 13.7 Å². The predicted molar refractivity (Wildman–Crippen MR) is 149 cm³/mol. The fourth-order valence-electron chi connectivity index (χ4n) is 5.05. The topological polar surface area (TPSA) is 132 Å². The van der Waals surface area contributed by atoms with Crippen LogP contribution >= 0.6 is 0 Å². The molecule has 0 bridgehead atoms. The SMILES string of the molecule is COc1cc2nc(C)ccc2cc1-c1cnc(C(CCCCCC(=O)c2ncco2)NC(=O)C2CCCCO2)[nH]1. The largest absolute Gasteiger partial charge is 0.496 e. The summed E-state index contributed by atoms with van der Waals surface area (Å²) in [6.45, 7) is 2.56. The van der Waals surface area contributed by atoms with E-state index in [9.17, 15) is 9.59 Å². The molecule has 10 nitrogen and oxygen atoms in total. The molecule has 4 heterocycles. The smallest absolute Gasteiger partial charge is 0.263 e. The second-order valence-electron chi connectivity index (χ2n) is 10.2. The van der Waals surface area contributed by atoms with Crippen LogP contribution < -0.4 is 10.1 Å². The molecule has 1 fully saturated rings. The molecule has 1 aliphatic heterocycles. The van der Waals surface area contributed by atoms with Gasteiger partial charge in [-0.2, -0.15) is 0 Å². The maximum atomic E-state index is 13.1. The molecule has 1 aliphatic rings. The zero-order valence-electron chi connectivity index (χ0n) is 22.9. The van der Waals surface area contributed by atoms with Gasteiger partial charge in [0.1, 0.15) is 23.9 Å². The number of nitrogens with zero attached hydrogens (tertiary/aromatic N) is 3. The number of aryl methyl sites for hydroxylation is 1. The standard InChI is InChI=1S/C30H35N5O5/c1-19-11-12-20-16-21(27(38-2)17-23(20)33-19)24-18-32-28(34-24)22(35-29(37)26-10-6-7-14-39-26)8-4-3-5-9-25(36)30-31-13-15-40-30/h11-13,15-18,22,26H,3-10,14H2,1-2H3,(H,32,34)(H,35,37). The number of carbonyl (C=O) groups is 2. The summed E-state index contributed by atoms with van der Waals surface area (Å²) >= 11 is 0. The van der Waals surface area contributed by atoms with Gasteiger partial charge in [0.2, 0.25) is 11.7 Å². The number of ether oxygens (including phenoxy) is 2. The fraction of sp³-hybridized carbons (Fsp3) is 0.433. The lowest BCUT2D eigenvalue weighted by Gasteiger charge is -2.24. The third-order valence-corrected chi connectivity index (χ3v) is 7.22. The third-order valence-electron chi connectivity index (χ3n) is 7.22. The number of aromatic nitrogens is 4. The first-order chi connectivity index (χ1) is 19.5. The number of H-pyrrole nitrogens is 1. The van der Waals surface area contributed by atoms with E-state index in [-0.39, 0.29) is 23.6 Å².